The number of benzene rings is 1. The van der Waals surface area contributed by atoms with Crippen LogP contribution in [0.4, 0.5) is 0 Å². The van der Waals surface area contributed by atoms with Crippen molar-refractivity contribution >= 4 is 28.2 Å². The summed E-state index contributed by atoms with van der Waals surface area (Å²) in [6, 6.07) is 8.68. The molecule has 1 aromatic heterocycles. The van der Waals surface area contributed by atoms with E-state index in [1.165, 1.54) is 35.0 Å². The summed E-state index contributed by atoms with van der Waals surface area (Å²) >= 11 is 5.36. The molecule has 0 radical (unpaired) electrons. The Bertz CT molecular complexity index is 747. The summed E-state index contributed by atoms with van der Waals surface area (Å²) in [5.41, 5.74) is 4.46. The maximum atomic E-state index is 5.36. The summed E-state index contributed by atoms with van der Waals surface area (Å²) in [5, 5.41) is 8.86. The lowest BCUT2D eigenvalue weighted by Gasteiger charge is -2.10. The number of aryl methyl sites for hydroxylation is 1. The molecule has 2 aromatic rings. The predicted octanol–water partition coefficient (Wildman–Crippen LogP) is 4.87. The molecule has 0 amide bonds. The van der Waals surface area contributed by atoms with Gasteiger partial charge in [0, 0.05) is 29.7 Å². The van der Waals surface area contributed by atoms with Crippen LogP contribution in [-0.4, -0.2) is 23.2 Å². The Labute approximate surface area is 157 Å². The summed E-state index contributed by atoms with van der Waals surface area (Å²) in [6.45, 7) is 11.1. The molecule has 3 nitrogen and oxygen atoms in total. The van der Waals surface area contributed by atoms with Crippen molar-refractivity contribution in [2.75, 3.05) is 13.1 Å². The summed E-state index contributed by atoms with van der Waals surface area (Å²) in [6.07, 6.45) is 3.52. The van der Waals surface area contributed by atoms with Crippen molar-refractivity contribution in [1.29, 1.82) is 0 Å². The highest BCUT2D eigenvalue weighted by Crippen LogP contribution is 2.67. The van der Waals surface area contributed by atoms with Gasteiger partial charge in [-0.25, -0.2) is 0 Å². The van der Waals surface area contributed by atoms with E-state index in [1.54, 1.807) is 0 Å². The maximum absolute atomic E-state index is 5.36. The smallest absolute Gasteiger partial charge is 0.166 e. The molecule has 3 N–H and O–H groups in total. The van der Waals surface area contributed by atoms with E-state index in [9.17, 15) is 0 Å². The molecule has 0 aliphatic heterocycles. The number of aromatic nitrogens is 1. The number of thiocarbonyl (C=S) groups is 1. The van der Waals surface area contributed by atoms with Crippen molar-refractivity contribution in [2.45, 2.75) is 52.9 Å². The first-order valence-corrected chi connectivity index (χ1v) is 9.96. The zero-order valence-corrected chi connectivity index (χ0v) is 16.7. The molecular formula is C21H31N3S. The average Bonchev–Trinajstić information content (AvgIpc) is 2.94. The number of nitrogens with one attached hydrogen (secondary N) is 3. The normalized spacial score (nSPS) is 21.3. The number of para-hydroxylation sites is 1. The SMILES string of the molecule is CCCCNC(=S)NCC[C@H]1[C@@H](c2c(C)[nH]c3ccccc23)C1(C)C. The van der Waals surface area contributed by atoms with Crippen LogP contribution in [-0.2, 0) is 0 Å². The Morgan fingerprint density at radius 3 is 2.68 bits per heavy atom. The highest BCUT2D eigenvalue weighted by Gasteiger charge is 2.58. The third-order valence-electron chi connectivity index (χ3n) is 5.86. The Balaban J connectivity index is 1.61. The molecule has 1 aliphatic rings. The minimum absolute atomic E-state index is 0.356. The lowest BCUT2D eigenvalue weighted by molar-refractivity contribution is 0.527. The number of hydrogen-bond donors (Lipinski definition) is 3. The van der Waals surface area contributed by atoms with Gasteiger partial charge in [0.2, 0.25) is 0 Å². The van der Waals surface area contributed by atoms with E-state index in [0.29, 0.717) is 17.3 Å². The van der Waals surface area contributed by atoms with Crippen LogP contribution < -0.4 is 10.6 Å². The van der Waals surface area contributed by atoms with Crippen molar-refractivity contribution in [2.24, 2.45) is 11.3 Å². The third kappa shape index (κ3) is 3.69. The molecule has 2 atom stereocenters. The Morgan fingerprint density at radius 1 is 1.20 bits per heavy atom. The average molecular weight is 358 g/mol. The van der Waals surface area contributed by atoms with Crippen LogP contribution in [0.1, 0.15) is 57.2 Å². The van der Waals surface area contributed by atoms with E-state index >= 15 is 0 Å². The summed E-state index contributed by atoms with van der Waals surface area (Å²) in [7, 11) is 0. The molecule has 3 rings (SSSR count). The number of unbranched alkanes of at least 4 members (excludes halogenated alkanes) is 1. The van der Waals surface area contributed by atoms with E-state index in [-0.39, 0.29) is 0 Å². The fraction of sp³-hybridized carbons (Fsp3) is 0.571. The van der Waals surface area contributed by atoms with Gasteiger partial charge >= 0.3 is 0 Å². The minimum Gasteiger partial charge on any atom is -0.363 e. The molecule has 1 fully saturated rings. The summed E-state index contributed by atoms with van der Waals surface area (Å²) in [5.74, 6) is 1.34. The van der Waals surface area contributed by atoms with Crippen molar-refractivity contribution in [3.63, 3.8) is 0 Å². The van der Waals surface area contributed by atoms with E-state index in [2.05, 4.69) is 67.6 Å². The van der Waals surface area contributed by atoms with Crippen LogP contribution in [0.5, 0.6) is 0 Å². The topological polar surface area (TPSA) is 39.8 Å². The van der Waals surface area contributed by atoms with Crippen LogP contribution in [0, 0.1) is 18.3 Å². The van der Waals surface area contributed by atoms with Crippen LogP contribution >= 0.6 is 12.2 Å². The Hall–Kier alpha value is -1.55. The molecule has 0 spiro atoms. The van der Waals surface area contributed by atoms with Crippen LogP contribution in [0.25, 0.3) is 10.9 Å². The number of H-pyrrole nitrogens is 1. The lowest BCUT2D eigenvalue weighted by Crippen LogP contribution is -2.36. The summed E-state index contributed by atoms with van der Waals surface area (Å²) < 4.78 is 0. The quantitative estimate of drug-likeness (QED) is 0.489. The fourth-order valence-corrected chi connectivity index (χ4v) is 4.54. The molecule has 4 heteroatoms. The molecule has 136 valence electrons. The first kappa shape index (κ1) is 18.2. The van der Waals surface area contributed by atoms with Gasteiger partial charge in [0.25, 0.3) is 0 Å². The third-order valence-corrected chi connectivity index (χ3v) is 6.15. The van der Waals surface area contributed by atoms with Crippen LogP contribution in [0.15, 0.2) is 24.3 Å². The van der Waals surface area contributed by atoms with Crippen LogP contribution in [0.3, 0.4) is 0 Å². The first-order valence-electron chi connectivity index (χ1n) is 9.55. The van der Waals surface area contributed by atoms with Crippen molar-refractivity contribution < 1.29 is 0 Å². The highest BCUT2D eigenvalue weighted by molar-refractivity contribution is 7.80. The van der Waals surface area contributed by atoms with E-state index in [4.69, 9.17) is 12.2 Å². The van der Waals surface area contributed by atoms with Gasteiger partial charge in [-0.05, 0) is 60.9 Å². The molecule has 1 heterocycles. The van der Waals surface area contributed by atoms with Gasteiger partial charge in [0.1, 0.15) is 0 Å². The minimum atomic E-state index is 0.356. The largest absolute Gasteiger partial charge is 0.363 e. The molecular weight excluding hydrogens is 326 g/mol. The fourth-order valence-electron chi connectivity index (χ4n) is 4.34. The molecule has 0 bridgehead atoms. The Morgan fingerprint density at radius 2 is 1.92 bits per heavy atom. The first-order chi connectivity index (χ1) is 12.0. The number of aromatic amines is 1. The van der Waals surface area contributed by atoms with Gasteiger partial charge in [0.05, 0.1) is 0 Å². The predicted molar refractivity (Wildman–Crippen MR) is 111 cm³/mol. The van der Waals surface area contributed by atoms with E-state index in [0.717, 1.165) is 24.6 Å². The molecule has 1 aliphatic carbocycles. The second-order valence-electron chi connectivity index (χ2n) is 7.94. The van der Waals surface area contributed by atoms with Gasteiger partial charge in [-0.1, -0.05) is 45.4 Å². The van der Waals surface area contributed by atoms with Crippen molar-refractivity contribution in [1.82, 2.24) is 15.6 Å². The second kappa shape index (κ2) is 7.36. The van der Waals surface area contributed by atoms with Crippen molar-refractivity contribution in [3.8, 4) is 0 Å². The Kier molecular flexibility index (Phi) is 5.38. The van der Waals surface area contributed by atoms with Crippen molar-refractivity contribution in [3.05, 3.63) is 35.5 Å². The highest BCUT2D eigenvalue weighted by atomic mass is 32.1. The zero-order valence-electron chi connectivity index (χ0n) is 15.9. The van der Waals surface area contributed by atoms with Gasteiger partial charge in [-0.2, -0.15) is 0 Å². The standard InChI is InChI=1S/C21H31N3S/c1-5-6-12-22-20(25)23-13-11-16-19(21(16,3)4)18-14(2)24-17-10-8-7-9-15(17)18/h7-10,16,19,24H,5-6,11-13H2,1-4H3,(H2,22,23,25)/t16-,19-/m0/s1. The van der Waals surface area contributed by atoms with E-state index < -0.39 is 0 Å². The van der Waals surface area contributed by atoms with Gasteiger partial charge in [-0.3, -0.25) is 0 Å². The maximum Gasteiger partial charge on any atom is 0.166 e. The number of hydrogen-bond acceptors (Lipinski definition) is 1. The summed E-state index contributed by atoms with van der Waals surface area (Å²) in [4.78, 5) is 3.56. The van der Waals surface area contributed by atoms with Gasteiger partial charge in [0.15, 0.2) is 5.11 Å². The molecule has 1 saturated carbocycles. The number of rotatable bonds is 7. The molecule has 25 heavy (non-hydrogen) atoms. The lowest BCUT2D eigenvalue weighted by atomic mass is 10.0. The molecule has 0 unspecified atom stereocenters. The molecule has 1 aromatic carbocycles. The van der Waals surface area contributed by atoms with E-state index in [1.807, 2.05) is 0 Å². The van der Waals surface area contributed by atoms with Gasteiger partial charge in [-0.15, -0.1) is 0 Å². The zero-order chi connectivity index (χ0) is 18.0. The monoisotopic (exact) mass is 357 g/mol. The van der Waals surface area contributed by atoms with Crippen LogP contribution in [0.2, 0.25) is 0 Å². The number of fused-ring (bicyclic) bond motifs is 1. The molecule has 0 saturated heterocycles. The van der Waals surface area contributed by atoms with Gasteiger partial charge < -0.3 is 15.6 Å². The second-order valence-corrected chi connectivity index (χ2v) is 8.35.